The fourth-order valence-electron chi connectivity index (χ4n) is 2.42. The second kappa shape index (κ2) is 7.72. The molecule has 0 saturated carbocycles. The normalized spacial score (nSPS) is 11.4. The van der Waals surface area contributed by atoms with Crippen molar-refractivity contribution in [1.29, 1.82) is 0 Å². The van der Waals surface area contributed by atoms with E-state index in [9.17, 15) is 0 Å². The number of aromatic nitrogens is 3. The van der Waals surface area contributed by atoms with Crippen molar-refractivity contribution < 1.29 is 0 Å². The van der Waals surface area contributed by atoms with E-state index in [0.29, 0.717) is 5.92 Å². The zero-order valence-corrected chi connectivity index (χ0v) is 16.4. The van der Waals surface area contributed by atoms with Gasteiger partial charge >= 0.3 is 0 Å². The smallest absolute Gasteiger partial charge is 0.191 e. The summed E-state index contributed by atoms with van der Waals surface area (Å²) < 4.78 is 2.17. The summed E-state index contributed by atoms with van der Waals surface area (Å²) in [4.78, 5) is 1.38. The maximum absolute atomic E-state index is 6.24. The van der Waals surface area contributed by atoms with E-state index in [0.717, 1.165) is 39.4 Å². The van der Waals surface area contributed by atoms with E-state index < -0.39 is 0 Å². The first-order valence-corrected chi connectivity index (χ1v) is 10.2. The Morgan fingerprint density at radius 3 is 2.71 bits per heavy atom. The van der Waals surface area contributed by atoms with Gasteiger partial charge in [-0.2, -0.15) is 0 Å². The van der Waals surface area contributed by atoms with Crippen molar-refractivity contribution in [3.63, 3.8) is 0 Å². The molecule has 126 valence electrons. The molecule has 24 heavy (non-hydrogen) atoms. The maximum atomic E-state index is 6.24. The molecule has 0 atom stereocenters. The highest BCUT2D eigenvalue weighted by Gasteiger charge is 2.15. The van der Waals surface area contributed by atoms with Crippen LogP contribution in [0.25, 0.3) is 11.4 Å². The first-order chi connectivity index (χ1) is 11.6. The largest absolute Gasteiger partial charge is 0.302 e. The van der Waals surface area contributed by atoms with Crippen LogP contribution in [-0.4, -0.2) is 14.8 Å². The number of rotatable bonds is 6. The third-order valence-corrected chi connectivity index (χ3v) is 6.41. The fraction of sp³-hybridized carbons (Fsp3) is 0.333. The zero-order valence-electron chi connectivity index (χ0n) is 14.0. The van der Waals surface area contributed by atoms with E-state index in [4.69, 9.17) is 11.6 Å². The lowest BCUT2D eigenvalue weighted by Crippen LogP contribution is -1.99. The van der Waals surface area contributed by atoms with Crippen LogP contribution in [0, 0.1) is 0 Å². The third kappa shape index (κ3) is 3.68. The van der Waals surface area contributed by atoms with E-state index in [1.54, 1.807) is 23.1 Å². The van der Waals surface area contributed by atoms with Crippen LogP contribution in [0.2, 0.25) is 5.02 Å². The van der Waals surface area contributed by atoms with Gasteiger partial charge in [-0.1, -0.05) is 55.4 Å². The molecule has 1 aromatic carbocycles. The van der Waals surface area contributed by atoms with Crippen molar-refractivity contribution in [2.45, 2.75) is 44.1 Å². The SMILES string of the molecule is CCn1c(SCc2ccccc2Cl)nnc1-c1csc(C(C)C)c1. The predicted molar refractivity (Wildman–Crippen MR) is 104 cm³/mol. The van der Waals surface area contributed by atoms with Crippen molar-refractivity contribution in [2.24, 2.45) is 0 Å². The second-order valence-corrected chi connectivity index (χ2v) is 8.12. The summed E-state index contributed by atoms with van der Waals surface area (Å²) in [6.45, 7) is 7.40. The van der Waals surface area contributed by atoms with E-state index in [1.165, 1.54) is 4.88 Å². The highest BCUT2D eigenvalue weighted by molar-refractivity contribution is 7.98. The number of nitrogens with zero attached hydrogens (tertiary/aromatic N) is 3. The summed E-state index contributed by atoms with van der Waals surface area (Å²) in [7, 11) is 0. The molecule has 2 aromatic heterocycles. The molecule has 0 radical (unpaired) electrons. The summed E-state index contributed by atoms with van der Waals surface area (Å²) in [5.74, 6) is 2.27. The minimum Gasteiger partial charge on any atom is -0.302 e. The van der Waals surface area contributed by atoms with Crippen LogP contribution in [0.4, 0.5) is 0 Å². The van der Waals surface area contributed by atoms with Crippen LogP contribution in [0.5, 0.6) is 0 Å². The van der Waals surface area contributed by atoms with Gasteiger partial charge in [-0.25, -0.2) is 0 Å². The first-order valence-electron chi connectivity index (χ1n) is 7.98. The maximum Gasteiger partial charge on any atom is 0.191 e. The predicted octanol–water partition coefficient (Wildman–Crippen LogP) is 6.10. The lowest BCUT2D eigenvalue weighted by molar-refractivity contribution is 0.687. The average Bonchev–Trinajstić information content (AvgIpc) is 3.20. The molecule has 0 aliphatic rings. The molecule has 0 fully saturated rings. The quantitative estimate of drug-likeness (QED) is 0.486. The van der Waals surface area contributed by atoms with Gasteiger partial charge in [0.25, 0.3) is 0 Å². The molecule has 0 N–H and O–H groups in total. The second-order valence-electron chi connectivity index (χ2n) is 5.82. The molecule has 3 rings (SSSR count). The van der Waals surface area contributed by atoms with Crippen molar-refractivity contribution in [2.75, 3.05) is 0 Å². The monoisotopic (exact) mass is 377 g/mol. The molecule has 0 amide bonds. The molecule has 0 aliphatic heterocycles. The number of benzene rings is 1. The van der Waals surface area contributed by atoms with Gasteiger partial charge in [0.15, 0.2) is 11.0 Å². The molecule has 3 aromatic rings. The van der Waals surface area contributed by atoms with Crippen LogP contribution in [0.1, 0.15) is 37.1 Å². The highest BCUT2D eigenvalue weighted by atomic mass is 35.5. The minimum absolute atomic E-state index is 0.538. The molecule has 0 aliphatic carbocycles. The number of halogens is 1. The Kier molecular flexibility index (Phi) is 5.64. The molecule has 0 unspecified atom stereocenters. The number of hydrogen-bond acceptors (Lipinski definition) is 4. The lowest BCUT2D eigenvalue weighted by atomic mass is 10.1. The van der Waals surface area contributed by atoms with E-state index in [2.05, 4.69) is 53.0 Å². The Balaban J connectivity index is 1.82. The van der Waals surface area contributed by atoms with Gasteiger partial charge in [0, 0.05) is 33.1 Å². The molecular formula is C18H20ClN3S2. The number of hydrogen-bond donors (Lipinski definition) is 0. The van der Waals surface area contributed by atoms with Crippen molar-refractivity contribution >= 4 is 34.7 Å². The van der Waals surface area contributed by atoms with E-state index in [1.807, 2.05) is 18.2 Å². The van der Waals surface area contributed by atoms with Gasteiger partial charge in [0.2, 0.25) is 0 Å². The van der Waals surface area contributed by atoms with Crippen LogP contribution in [-0.2, 0) is 12.3 Å². The van der Waals surface area contributed by atoms with Gasteiger partial charge in [0.05, 0.1) is 0 Å². The van der Waals surface area contributed by atoms with Crippen molar-refractivity contribution in [3.05, 3.63) is 51.2 Å². The summed E-state index contributed by atoms with van der Waals surface area (Å²) in [6, 6.07) is 10.2. The average molecular weight is 378 g/mol. The first kappa shape index (κ1) is 17.5. The van der Waals surface area contributed by atoms with Gasteiger partial charge in [-0.15, -0.1) is 21.5 Å². The molecule has 0 saturated heterocycles. The number of thioether (sulfide) groups is 1. The van der Waals surface area contributed by atoms with Gasteiger partial charge in [-0.3, -0.25) is 0 Å². The van der Waals surface area contributed by atoms with Gasteiger partial charge in [-0.05, 0) is 30.5 Å². The molecular weight excluding hydrogens is 358 g/mol. The standard InChI is InChI=1S/C18H20ClN3S2/c1-4-22-17(14-9-16(12(2)3)23-11-14)20-21-18(22)24-10-13-7-5-6-8-15(13)19/h5-9,11-12H,4,10H2,1-3H3. The fourth-order valence-corrected chi connectivity index (χ4v) is 4.62. The summed E-state index contributed by atoms with van der Waals surface area (Å²) in [6.07, 6.45) is 0. The Bertz CT molecular complexity index is 823. The molecule has 6 heteroatoms. The molecule has 3 nitrogen and oxygen atoms in total. The topological polar surface area (TPSA) is 30.7 Å². The van der Waals surface area contributed by atoms with Gasteiger partial charge < -0.3 is 4.57 Å². The molecule has 0 bridgehead atoms. The molecule has 2 heterocycles. The highest BCUT2D eigenvalue weighted by Crippen LogP contribution is 2.32. The van der Waals surface area contributed by atoms with E-state index >= 15 is 0 Å². The van der Waals surface area contributed by atoms with Gasteiger partial charge in [0.1, 0.15) is 0 Å². The number of thiophene rings is 1. The van der Waals surface area contributed by atoms with Crippen LogP contribution in [0.15, 0.2) is 40.9 Å². The molecule has 0 spiro atoms. The lowest BCUT2D eigenvalue weighted by Gasteiger charge is -2.07. The van der Waals surface area contributed by atoms with E-state index in [-0.39, 0.29) is 0 Å². The van der Waals surface area contributed by atoms with Crippen molar-refractivity contribution in [3.8, 4) is 11.4 Å². The zero-order chi connectivity index (χ0) is 17.1. The Hall–Kier alpha value is -1.30. The third-order valence-electron chi connectivity index (χ3n) is 3.79. The summed E-state index contributed by atoms with van der Waals surface area (Å²) >= 11 is 9.71. The Labute approximate surface area is 156 Å². The minimum atomic E-state index is 0.538. The summed E-state index contributed by atoms with van der Waals surface area (Å²) in [5.41, 5.74) is 2.27. The van der Waals surface area contributed by atoms with Crippen molar-refractivity contribution in [1.82, 2.24) is 14.8 Å². The summed E-state index contributed by atoms with van der Waals surface area (Å²) in [5, 5.41) is 12.7. The Morgan fingerprint density at radius 2 is 2.04 bits per heavy atom. The van der Waals surface area contributed by atoms with Crippen LogP contribution < -0.4 is 0 Å². The van der Waals surface area contributed by atoms with Crippen LogP contribution in [0.3, 0.4) is 0 Å². The Morgan fingerprint density at radius 1 is 1.25 bits per heavy atom. The van der Waals surface area contributed by atoms with Crippen LogP contribution >= 0.6 is 34.7 Å².